The lowest BCUT2D eigenvalue weighted by molar-refractivity contribution is 0.0599. The normalized spacial score (nSPS) is 10.5. The number of aryl methyl sites for hydroxylation is 3. The minimum Gasteiger partial charge on any atom is -0.465 e. The minimum atomic E-state index is -0.444. The number of H-pyrrole nitrogens is 1. The highest BCUT2D eigenvalue weighted by molar-refractivity contribution is 6.07. The van der Waals surface area contributed by atoms with Crippen LogP contribution in [0.2, 0.25) is 0 Å². The summed E-state index contributed by atoms with van der Waals surface area (Å²) in [6, 6.07) is 5.93. The SMILES string of the molecule is CCc1cccc(C)c1NC(=O)c1[nH]c(C)c(C(=O)OC)c1C. The Morgan fingerprint density at radius 1 is 1.22 bits per heavy atom. The highest BCUT2D eigenvalue weighted by atomic mass is 16.5. The quantitative estimate of drug-likeness (QED) is 0.848. The predicted octanol–water partition coefficient (Wildman–Crippen LogP) is 3.54. The Kier molecular flexibility index (Phi) is 4.89. The van der Waals surface area contributed by atoms with E-state index in [2.05, 4.69) is 10.3 Å². The fourth-order valence-electron chi connectivity index (χ4n) is 2.76. The van der Waals surface area contributed by atoms with Gasteiger partial charge in [-0.05, 0) is 43.9 Å². The highest BCUT2D eigenvalue weighted by Gasteiger charge is 2.23. The van der Waals surface area contributed by atoms with Crippen LogP contribution in [-0.2, 0) is 11.2 Å². The third-order valence-electron chi connectivity index (χ3n) is 4.03. The number of carbonyl (C=O) groups excluding carboxylic acids is 2. The van der Waals surface area contributed by atoms with E-state index in [1.807, 2.05) is 32.0 Å². The van der Waals surface area contributed by atoms with Crippen molar-refractivity contribution in [2.45, 2.75) is 34.1 Å². The van der Waals surface area contributed by atoms with E-state index in [4.69, 9.17) is 4.74 Å². The molecule has 122 valence electrons. The van der Waals surface area contributed by atoms with E-state index >= 15 is 0 Å². The van der Waals surface area contributed by atoms with Crippen molar-refractivity contribution in [3.63, 3.8) is 0 Å². The molecule has 1 amide bonds. The van der Waals surface area contributed by atoms with Crippen LogP contribution in [0.15, 0.2) is 18.2 Å². The minimum absolute atomic E-state index is 0.259. The average Bonchev–Trinajstić information content (AvgIpc) is 2.83. The second-order valence-corrected chi connectivity index (χ2v) is 5.53. The smallest absolute Gasteiger partial charge is 0.339 e. The third kappa shape index (κ3) is 3.13. The first-order valence-electron chi connectivity index (χ1n) is 7.58. The van der Waals surface area contributed by atoms with E-state index in [9.17, 15) is 9.59 Å². The van der Waals surface area contributed by atoms with Gasteiger partial charge in [-0.15, -0.1) is 0 Å². The predicted molar refractivity (Wildman–Crippen MR) is 90.1 cm³/mol. The second kappa shape index (κ2) is 6.69. The van der Waals surface area contributed by atoms with Crippen LogP contribution in [0.4, 0.5) is 5.69 Å². The van der Waals surface area contributed by atoms with E-state index in [-0.39, 0.29) is 5.91 Å². The summed E-state index contributed by atoms with van der Waals surface area (Å²) < 4.78 is 4.77. The number of methoxy groups -OCH3 is 1. The molecule has 2 aromatic rings. The van der Waals surface area contributed by atoms with Crippen molar-refractivity contribution in [3.8, 4) is 0 Å². The van der Waals surface area contributed by atoms with Gasteiger partial charge in [-0.3, -0.25) is 4.79 Å². The Labute approximate surface area is 136 Å². The van der Waals surface area contributed by atoms with Gasteiger partial charge in [0, 0.05) is 11.4 Å². The molecule has 5 heteroatoms. The maximum atomic E-state index is 12.6. The lowest BCUT2D eigenvalue weighted by Crippen LogP contribution is -2.16. The van der Waals surface area contributed by atoms with Crippen LogP contribution >= 0.6 is 0 Å². The topological polar surface area (TPSA) is 71.2 Å². The summed E-state index contributed by atoms with van der Waals surface area (Å²) in [6.45, 7) is 7.50. The zero-order chi connectivity index (χ0) is 17.1. The molecule has 2 rings (SSSR count). The molecule has 23 heavy (non-hydrogen) atoms. The van der Waals surface area contributed by atoms with Crippen LogP contribution in [0.1, 0.15) is 50.2 Å². The zero-order valence-corrected chi connectivity index (χ0v) is 14.2. The molecule has 2 N–H and O–H groups in total. The number of hydrogen-bond donors (Lipinski definition) is 2. The van der Waals surface area contributed by atoms with E-state index in [1.54, 1.807) is 13.8 Å². The Bertz CT molecular complexity index is 760. The molecule has 1 aromatic heterocycles. The molecule has 0 radical (unpaired) electrons. The summed E-state index contributed by atoms with van der Waals surface area (Å²) in [6.07, 6.45) is 0.827. The summed E-state index contributed by atoms with van der Waals surface area (Å²) in [5.74, 6) is -0.704. The number of para-hydroxylation sites is 1. The van der Waals surface area contributed by atoms with Crippen molar-refractivity contribution in [1.82, 2.24) is 4.98 Å². The molecule has 0 bridgehead atoms. The maximum Gasteiger partial charge on any atom is 0.339 e. The van der Waals surface area contributed by atoms with Gasteiger partial charge >= 0.3 is 5.97 Å². The number of esters is 1. The molecule has 0 fully saturated rings. The number of ether oxygens (including phenoxy) is 1. The number of nitrogens with one attached hydrogen (secondary N) is 2. The molecule has 0 unspecified atom stereocenters. The van der Waals surface area contributed by atoms with E-state index < -0.39 is 5.97 Å². The van der Waals surface area contributed by atoms with Crippen LogP contribution < -0.4 is 5.32 Å². The Balaban J connectivity index is 2.38. The molecule has 0 saturated heterocycles. The van der Waals surface area contributed by atoms with Gasteiger partial charge < -0.3 is 15.0 Å². The van der Waals surface area contributed by atoms with Crippen molar-refractivity contribution in [2.75, 3.05) is 12.4 Å². The van der Waals surface area contributed by atoms with Crippen molar-refractivity contribution in [1.29, 1.82) is 0 Å². The molecule has 0 saturated carbocycles. The molecule has 1 heterocycles. The Morgan fingerprint density at radius 3 is 2.52 bits per heavy atom. The molecule has 5 nitrogen and oxygen atoms in total. The number of benzene rings is 1. The third-order valence-corrected chi connectivity index (χ3v) is 4.03. The number of carbonyl (C=O) groups is 2. The molecule has 0 spiro atoms. The molecule has 0 aliphatic heterocycles. The molecule has 0 aliphatic rings. The van der Waals surface area contributed by atoms with Crippen LogP contribution in [0.3, 0.4) is 0 Å². The first kappa shape index (κ1) is 16.8. The van der Waals surface area contributed by atoms with Gasteiger partial charge in [-0.1, -0.05) is 25.1 Å². The number of rotatable bonds is 4. The lowest BCUT2D eigenvalue weighted by Gasteiger charge is -2.12. The summed E-state index contributed by atoms with van der Waals surface area (Å²) >= 11 is 0. The van der Waals surface area contributed by atoms with Crippen molar-refractivity contribution in [2.24, 2.45) is 0 Å². The molecule has 1 aromatic carbocycles. The van der Waals surface area contributed by atoms with E-state index in [0.29, 0.717) is 22.5 Å². The number of hydrogen-bond acceptors (Lipinski definition) is 3. The van der Waals surface area contributed by atoms with Gasteiger partial charge in [0.1, 0.15) is 5.69 Å². The van der Waals surface area contributed by atoms with Crippen molar-refractivity contribution in [3.05, 3.63) is 51.8 Å². The first-order valence-corrected chi connectivity index (χ1v) is 7.58. The maximum absolute atomic E-state index is 12.6. The van der Waals surface area contributed by atoms with Gasteiger partial charge in [0.15, 0.2) is 0 Å². The second-order valence-electron chi connectivity index (χ2n) is 5.53. The molecular weight excluding hydrogens is 292 g/mol. The number of aromatic nitrogens is 1. The summed E-state index contributed by atoms with van der Waals surface area (Å²) in [7, 11) is 1.33. The van der Waals surface area contributed by atoms with Gasteiger partial charge in [-0.2, -0.15) is 0 Å². The first-order chi connectivity index (χ1) is 10.9. The van der Waals surface area contributed by atoms with Crippen LogP contribution in [0.5, 0.6) is 0 Å². The van der Waals surface area contributed by atoms with Gasteiger partial charge in [0.05, 0.1) is 12.7 Å². The van der Waals surface area contributed by atoms with Gasteiger partial charge in [-0.25, -0.2) is 4.79 Å². The molecular formula is C18H22N2O3. The number of anilines is 1. The van der Waals surface area contributed by atoms with Crippen molar-refractivity contribution < 1.29 is 14.3 Å². The standard InChI is InChI=1S/C18H22N2O3/c1-6-13-9-7-8-10(2)15(13)20-17(21)16-11(3)14(12(4)19-16)18(22)23-5/h7-9,19H,6H2,1-5H3,(H,20,21). The molecule has 0 atom stereocenters. The summed E-state index contributed by atoms with van der Waals surface area (Å²) in [5, 5.41) is 2.96. The van der Waals surface area contributed by atoms with Gasteiger partial charge in [0.2, 0.25) is 0 Å². The zero-order valence-electron chi connectivity index (χ0n) is 14.2. The molecule has 0 aliphatic carbocycles. The van der Waals surface area contributed by atoms with E-state index in [1.165, 1.54) is 7.11 Å². The number of aromatic amines is 1. The fraction of sp³-hybridized carbons (Fsp3) is 0.333. The summed E-state index contributed by atoms with van der Waals surface area (Å²) in [5.41, 5.74) is 4.93. The Hall–Kier alpha value is -2.56. The van der Waals surface area contributed by atoms with Crippen LogP contribution in [-0.4, -0.2) is 24.0 Å². The average molecular weight is 314 g/mol. The monoisotopic (exact) mass is 314 g/mol. The van der Waals surface area contributed by atoms with E-state index in [0.717, 1.165) is 23.2 Å². The van der Waals surface area contributed by atoms with Gasteiger partial charge in [0.25, 0.3) is 5.91 Å². The van der Waals surface area contributed by atoms with Crippen molar-refractivity contribution >= 4 is 17.6 Å². The largest absolute Gasteiger partial charge is 0.465 e. The fourth-order valence-corrected chi connectivity index (χ4v) is 2.76. The highest BCUT2D eigenvalue weighted by Crippen LogP contribution is 2.24. The Morgan fingerprint density at radius 2 is 1.91 bits per heavy atom. The van der Waals surface area contributed by atoms with Crippen LogP contribution in [0.25, 0.3) is 0 Å². The lowest BCUT2D eigenvalue weighted by atomic mass is 10.1. The van der Waals surface area contributed by atoms with Crippen LogP contribution in [0, 0.1) is 20.8 Å². The number of amides is 1. The summed E-state index contributed by atoms with van der Waals surface area (Å²) in [4.78, 5) is 27.5.